The number of nitrogens with one attached hydrogen (secondary N) is 3. The normalized spacial score (nSPS) is 19.1. The van der Waals surface area contributed by atoms with Crippen LogP contribution < -0.4 is 16.0 Å². The number of carboxylic acid groups (broad SMARTS) is 1. The Hall–Kier alpha value is -2.42. The molecule has 13 heteroatoms. The number of hydrogen-bond acceptors (Lipinski definition) is 12. The van der Waals surface area contributed by atoms with Gasteiger partial charge in [-0.1, -0.05) is 20.3 Å². The molecule has 0 radical (unpaired) electrons. The van der Waals surface area contributed by atoms with Crippen molar-refractivity contribution in [3.05, 3.63) is 0 Å². The average Bonchev–Trinajstić information content (AvgIpc) is 2.82. The first-order chi connectivity index (χ1) is 16.4. The summed E-state index contributed by atoms with van der Waals surface area (Å²) in [5, 5.41) is 49.8. The topological polar surface area (TPSA) is 219 Å². The van der Waals surface area contributed by atoms with Crippen molar-refractivity contribution in [3.63, 3.8) is 0 Å². The standard InChI is InChI=1S/C23H39N3O10/c1-8-12(2)17(26-7)14(27)9-23(36,20(32)33)19(31)22(35,18(30)13(3)25-6)10-15(28)21(4,34)16(29)11-24-5/h12-13,17,24-26,34-36H,8-11H2,1-7H3,(H,32,33)/t12-,13+,17+,21?,22?,23?/m0/s1. The van der Waals surface area contributed by atoms with Gasteiger partial charge in [0, 0.05) is 0 Å². The highest BCUT2D eigenvalue weighted by Crippen LogP contribution is 2.29. The van der Waals surface area contributed by atoms with Crippen molar-refractivity contribution < 1.29 is 49.2 Å². The minimum Gasteiger partial charge on any atom is -0.479 e. The maximum absolute atomic E-state index is 13.4. The third-order valence-electron chi connectivity index (χ3n) is 6.48. The minimum atomic E-state index is -3.60. The fraction of sp³-hybridized carbons (Fsp3) is 0.739. The Morgan fingerprint density at radius 2 is 1.36 bits per heavy atom. The van der Waals surface area contributed by atoms with E-state index in [-0.39, 0.29) is 5.92 Å². The number of carbonyl (C=O) groups is 6. The first-order valence-electron chi connectivity index (χ1n) is 11.5. The number of carboxylic acids is 1. The molecular formula is C23H39N3O10. The van der Waals surface area contributed by atoms with Crippen molar-refractivity contribution in [2.75, 3.05) is 27.7 Å². The molecule has 3 unspecified atom stereocenters. The minimum absolute atomic E-state index is 0.324. The molecule has 0 aromatic rings. The quantitative estimate of drug-likeness (QED) is 0.0926. The zero-order valence-corrected chi connectivity index (χ0v) is 21.8. The molecule has 0 spiro atoms. The monoisotopic (exact) mass is 517 g/mol. The molecule has 0 fully saturated rings. The number of hydrogen-bond donors (Lipinski definition) is 7. The SMILES string of the molecule is CC[C@H](C)[C@@H](NC)C(=O)CC(O)(C(=O)O)C(=O)C(O)(CC(=O)C(C)(O)C(=O)CNC)C(=O)[C@@H](C)NC. The number of rotatable bonds is 18. The van der Waals surface area contributed by atoms with Crippen LogP contribution in [0.25, 0.3) is 0 Å². The van der Waals surface area contributed by atoms with Gasteiger partial charge in [-0.05, 0) is 40.9 Å². The van der Waals surface area contributed by atoms with Crippen molar-refractivity contribution in [3.8, 4) is 0 Å². The zero-order valence-electron chi connectivity index (χ0n) is 21.8. The molecule has 0 saturated carbocycles. The number of aliphatic hydroxyl groups is 3. The molecule has 0 aliphatic heterocycles. The Labute approximate surface area is 210 Å². The van der Waals surface area contributed by atoms with Crippen molar-refractivity contribution in [2.24, 2.45) is 5.92 Å². The molecule has 0 aromatic carbocycles. The maximum atomic E-state index is 13.4. The van der Waals surface area contributed by atoms with Gasteiger partial charge in [0.15, 0.2) is 34.3 Å². The van der Waals surface area contributed by atoms with Gasteiger partial charge in [0.05, 0.1) is 31.5 Å². The zero-order chi connectivity index (χ0) is 28.6. The molecule has 0 aromatic heterocycles. The van der Waals surface area contributed by atoms with Crippen LogP contribution in [0.1, 0.15) is 47.0 Å². The fourth-order valence-corrected chi connectivity index (χ4v) is 3.62. The highest BCUT2D eigenvalue weighted by atomic mass is 16.4. The van der Waals surface area contributed by atoms with Gasteiger partial charge in [0.2, 0.25) is 11.4 Å². The van der Waals surface area contributed by atoms with Gasteiger partial charge in [0.1, 0.15) is 0 Å². The molecule has 0 aliphatic carbocycles. The fourth-order valence-electron chi connectivity index (χ4n) is 3.62. The number of likely N-dealkylation sites (N-methyl/N-ethyl adjacent to an activating group) is 3. The van der Waals surface area contributed by atoms with E-state index in [0.717, 1.165) is 6.92 Å². The van der Waals surface area contributed by atoms with E-state index in [0.29, 0.717) is 6.42 Å². The van der Waals surface area contributed by atoms with Gasteiger partial charge in [-0.3, -0.25) is 24.0 Å². The number of Topliss-reactive ketones (excluding diaryl/α,β-unsaturated/α-hetero) is 5. The number of carbonyl (C=O) groups excluding carboxylic acids is 5. The van der Waals surface area contributed by atoms with E-state index in [1.54, 1.807) is 13.8 Å². The second-order valence-corrected chi connectivity index (χ2v) is 9.15. The van der Waals surface area contributed by atoms with Crippen LogP contribution in [0.2, 0.25) is 0 Å². The summed E-state index contributed by atoms with van der Waals surface area (Å²) in [6.45, 7) is 4.96. The highest BCUT2D eigenvalue weighted by molar-refractivity contribution is 6.25. The second-order valence-electron chi connectivity index (χ2n) is 9.15. The summed E-state index contributed by atoms with van der Waals surface area (Å²) in [6.07, 6.45) is -2.35. The Morgan fingerprint density at radius 3 is 1.75 bits per heavy atom. The van der Waals surface area contributed by atoms with Gasteiger partial charge in [-0.2, -0.15) is 0 Å². The van der Waals surface area contributed by atoms with E-state index in [1.165, 1.54) is 28.1 Å². The summed E-state index contributed by atoms with van der Waals surface area (Å²) in [4.78, 5) is 76.3. The first kappa shape index (κ1) is 33.6. The van der Waals surface area contributed by atoms with Crippen LogP contribution in [0.4, 0.5) is 0 Å². The lowest BCUT2D eigenvalue weighted by Gasteiger charge is -2.35. The van der Waals surface area contributed by atoms with Crippen LogP contribution in [0.3, 0.4) is 0 Å². The molecule has 7 N–H and O–H groups in total. The largest absolute Gasteiger partial charge is 0.479 e. The van der Waals surface area contributed by atoms with E-state index in [2.05, 4.69) is 16.0 Å². The van der Waals surface area contributed by atoms with Crippen LogP contribution >= 0.6 is 0 Å². The Bertz CT molecular complexity index is 874. The Morgan fingerprint density at radius 1 is 0.833 bits per heavy atom. The van der Waals surface area contributed by atoms with Crippen molar-refractivity contribution >= 4 is 34.9 Å². The van der Waals surface area contributed by atoms with Crippen molar-refractivity contribution in [1.29, 1.82) is 0 Å². The van der Waals surface area contributed by atoms with Crippen LogP contribution in [-0.4, -0.2) is 112 Å². The summed E-state index contributed by atoms with van der Waals surface area (Å²) in [5.41, 5.74) is -9.85. The molecular weight excluding hydrogens is 478 g/mol. The first-order valence-corrected chi connectivity index (χ1v) is 11.5. The van der Waals surface area contributed by atoms with Crippen molar-refractivity contribution in [1.82, 2.24) is 16.0 Å². The van der Waals surface area contributed by atoms with Crippen LogP contribution in [0, 0.1) is 5.92 Å². The molecule has 36 heavy (non-hydrogen) atoms. The maximum Gasteiger partial charge on any atom is 0.344 e. The van der Waals surface area contributed by atoms with E-state index in [9.17, 15) is 49.2 Å². The van der Waals surface area contributed by atoms with Gasteiger partial charge < -0.3 is 36.4 Å². The van der Waals surface area contributed by atoms with Crippen LogP contribution in [0.5, 0.6) is 0 Å². The van der Waals surface area contributed by atoms with Gasteiger partial charge in [-0.15, -0.1) is 0 Å². The van der Waals surface area contributed by atoms with Crippen LogP contribution in [-0.2, 0) is 28.8 Å². The summed E-state index contributed by atoms with van der Waals surface area (Å²) in [6, 6.07) is -2.29. The lowest BCUT2D eigenvalue weighted by molar-refractivity contribution is -0.181. The predicted molar refractivity (Wildman–Crippen MR) is 127 cm³/mol. The van der Waals surface area contributed by atoms with E-state index < -0.39 is 83.2 Å². The molecule has 0 saturated heterocycles. The Kier molecular flexibility index (Phi) is 12.3. The van der Waals surface area contributed by atoms with E-state index >= 15 is 0 Å². The highest BCUT2D eigenvalue weighted by Gasteiger charge is 2.60. The molecule has 13 nitrogen and oxygen atoms in total. The molecule has 0 bridgehead atoms. The van der Waals surface area contributed by atoms with Gasteiger partial charge in [0.25, 0.3) is 0 Å². The molecule has 0 aliphatic rings. The molecule has 206 valence electrons. The van der Waals surface area contributed by atoms with Crippen LogP contribution in [0.15, 0.2) is 0 Å². The molecule has 0 rings (SSSR count). The summed E-state index contributed by atoms with van der Waals surface area (Å²) in [7, 11) is 4.06. The third kappa shape index (κ3) is 7.08. The predicted octanol–water partition coefficient (Wildman–Crippen LogP) is -2.63. The number of aliphatic carboxylic acids is 1. The smallest absolute Gasteiger partial charge is 0.344 e. The van der Waals surface area contributed by atoms with E-state index in [4.69, 9.17) is 0 Å². The molecule has 6 atom stereocenters. The third-order valence-corrected chi connectivity index (χ3v) is 6.48. The van der Waals surface area contributed by atoms with Crippen molar-refractivity contribution in [2.45, 2.75) is 75.8 Å². The summed E-state index contributed by atoms with van der Waals surface area (Å²) < 4.78 is 0. The number of ketones is 5. The van der Waals surface area contributed by atoms with E-state index in [1.807, 2.05) is 0 Å². The Balaban J connectivity index is 6.65. The summed E-state index contributed by atoms with van der Waals surface area (Å²) in [5.74, 6) is -9.39. The molecule has 0 amide bonds. The molecule has 0 heterocycles. The average molecular weight is 518 g/mol. The summed E-state index contributed by atoms with van der Waals surface area (Å²) >= 11 is 0. The second kappa shape index (κ2) is 13.2. The van der Waals surface area contributed by atoms with Gasteiger partial charge >= 0.3 is 5.97 Å². The van der Waals surface area contributed by atoms with Gasteiger partial charge in [-0.25, -0.2) is 4.79 Å². The lowest BCUT2D eigenvalue weighted by Crippen LogP contribution is -2.66. The lowest BCUT2D eigenvalue weighted by atomic mass is 9.73.